The third-order valence-electron chi connectivity index (χ3n) is 4.10. The number of hydrogen-bond donors (Lipinski definition) is 3. The molecule has 7 nitrogen and oxygen atoms in total. The molecule has 3 N–H and O–H groups in total. The van der Waals surface area contributed by atoms with E-state index in [0.717, 1.165) is 29.8 Å². The van der Waals surface area contributed by atoms with Crippen LogP contribution < -0.4 is 15.4 Å². The first-order valence-electron chi connectivity index (χ1n) is 8.82. The Morgan fingerprint density at radius 1 is 1.33 bits per heavy atom. The first-order chi connectivity index (χ1) is 12.5. The van der Waals surface area contributed by atoms with Crippen LogP contribution in [0.4, 0.5) is 0 Å². The number of rotatable bonds is 8. The molecule has 0 radical (unpaired) electrons. The zero-order valence-electron chi connectivity index (χ0n) is 16.4. The highest BCUT2D eigenvalue weighted by Gasteiger charge is 2.24. The smallest absolute Gasteiger partial charge is 0.191 e. The molecule has 0 aliphatic heterocycles. The molecule has 27 heavy (non-hydrogen) atoms. The van der Waals surface area contributed by atoms with Crippen molar-refractivity contribution in [3.05, 3.63) is 47.8 Å². The predicted octanol–water partition coefficient (Wildman–Crippen LogP) is 2.05. The Labute approximate surface area is 178 Å². The van der Waals surface area contributed by atoms with Gasteiger partial charge in [-0.2, -0.15) is 5.10 Å². The van der Waals surface area contributed by atoms with E-state index >= 15 is 0 Å². The number of ether oxygens (including phenoxy) is 1. The molecule has 2 rings (SSSR count). The van der Waals surface area contributed by atoms with Crippen LogP contribution in [0.5, 0.6) is 5.75 Å². The van der Waals surface area contributed by atoms with Crippen molar-refractivity contribution >= 4 is 29.9 Å². The Morgan fingerprint density at radius 3 is 2.70 bits per heavy atom. The summed E-state index contributed by atoms with van der Waals surface area (Å²) in [6, 6.07) is 7.97. The predicted molar refractivity (Wildman–Crippen MR) is 119 cm³/mol. The highest BCUT2D eigenvalue weighted by Crippen LogP contribution is 2.20. The van der Waals surface area contributed by atoms with Gasteiger partial charge in [-0.15, -0.1) is 24.0 Å². The fourth-order valence-electron chi connectivity index (χ4n) is 2.59. The van der Waals surface area contributed by atoms with E-state index in [1.807, 2.05) is 32.2 Å². The number of aliphatic hydroxyl groups is 1. The fraction of sp³-hybridized carbons (Fsp3) is 0.474. The molecule has 0 saturated heterocycles. The van der Waals surface area contributed by atoms with Crippen molar-refractivity contribution in [2.24, 2.45) is 12.0 Å². The van der Waals surface area contributed by atoms with Gasteiger partial charge in [0.15, 0.2) is 5.96 Å². The molecule has 0 spiro atoms. The van der Waals surface area contributed by atoms with Crippen LogP contribution in [0.25, 0.3) is 0 Å². The summed E-state index contributed by atoms with van der Waals surface area (Å²) < 4.78 is 7.05. The number of guanidine groups is 1. The molecule has 2 aromatic rings. The summed E-state index contributed by atoms with van der Waals surface area (Å²) in [4.78, 5) is 4.52. The van der Waals surface area contributed by atoms with Crippen molar-refractivity contribution in [3.63, 3.8) is 0 Å². The van der Waals surface area contributed by atoms with Gasteiger partial charge in [0, 0.05) is 31.9 Å². The van der Waals surface area contributed by atoms with E-state index < -0.39 is 5.60 Å². The first kappa shape index (κ1) is 23.2. The monoisotopic (exact) mass is 487 g/mol. The van der Waals surface area contributed by atoms with Crippen LogP contribution in [0, 0.1) is 0 Å². The first-order valence-corrected chi connectivity index (χ1v) is 8.82. The molecule has 0 aliphatic carbocycles. The molecule has 0 saturated carbocycles. The van der Waals surface area contributed by atoms with E-state index in [1.165, 1.54) is 0 Å². The summed E-state index contributed by atoms with van der Waals surface area (Å²) >= 11 is 0. The second-order valence-corrected chi connectivity index (χ2v) is 6.36. The average Bonchev–Trinajstić information content (AvgIpc) is 3.07. The number of nitrogens with zero attached hydrogens (tertiary/aromatic N) is 3. The van der Waals surface area contributed by atoms with Crippen molar-refractivity contribution in [1.29, 1.82) is 0 Å². The number of halogens is 1. The van der Waals surface area contributed by atoms with E-state index in [1.54, 1.807) is 31.1 Å². The Morgan fingerprint density at radius 2 is 2.07 bits per heavy atom. The quantitative estimate of drug-likeness (QED) is 0.302. The highest BCUT2D eigenvalue weighted by molar-refractivity contribution is 14.0. The van der Waals surface area contributed by atoms with Gasteiger partial charge in [-0.25, -0.2) is 4.99 Å². The lowest BCUT2D eigenvalue weighted by Gasteiger charge is -2.20. The van der Waals surface area contributed by atoms with Crippen molar-refractivity contribution in [2.45, 2.75) is 25.9 Å². The fourth-order valence-corrected chi connectivity index (χ4v) is 2.59. The molecule has 150 valence electrons. The number of nitrogens with one attached hydrogen (secondary N) is 2. The normalized spacial score (nSPS) is 13.4. The van der Waals surface area contributed by atoms with Crippen LogP contribution in [0.2, 0.25) is 0 Å². The second kappa shape index (κ2) is 11.1. The van der Waals surface area contributed by atoms with Crippen molar-refractivity contribution in [3.8, 4) is 5.75 Å². The minimum atomic E-state index is -1.07. The van der Waals surface area contributed by atoms with Gasteiger partial charge in [-0.1, -0.05) is 18.2 Å². The van der Waals surface area contributed by atoms with Crippen LogP contribution in [-0.2, 0) is 19.1 Å². The molecule has 8 heteroatoms. The summed E-state index contributed by atoms with van der Waals surface area (Å²) in [6.07, 6.45) is 4.28. The van der Waals surface area contributed by atoms with Crippen LogP contribution in [0.15, 0.2) is 41.7 Å². The maximum atomic E-state index is 10.7. The molecule has 0 bridgehead atoms. The lowest BCUT2D eigenvalue weighted by Crippen LogP contribution is -2.39. The zero-order chi connectivity index (χ0) is 19.0. The van der Waals surface area contributed by atoms with Gasteiger partial charge < -0.3 is 20.5 Å². The number of aromatic nitrogens is 2. The van der Waals surface area contributed by atoms with E-state index in [-0.39, 0.29) is 30.5 Å². The van der Waals surface area contributed by atoms with Crippen molar-refractivity contribution < 1.29 is 9.84 Å². The highest BCUT2D eigenvalue weighted by atomic mass is 127. The van der Waals surface area contributed by atoms with Gasteiger partial charge in [-0.3, -0.25) is 4.68 Å². The van der Waals surface area contributed by atoms with Gasteiger partial charge in [0.05, 0.1) is 19.9 Å². The number of para-hydroxylation sites is 1. The van der Waals surface area contributed by atoms with Gasteiger partial charge in [0.1, 0.15) is 11.4 Å². The molecule has 1 aromatic carbocycles. The molecule has 1 aromatic heterocycles. The molecular weight excluding hydrogens is 457 g/mol. The third-order valence-corrected chi connectivity index (χ3v) is 4.10. The maximum Gasteiger partial charge on any atom is 0.191 e. The number of methoxy groups -OCH3 is 1. The van der Waals surface area contributed by atoms with Crippen molar-refractivity contribution in [1.82, 2.24) is 20.4 Å². The van der Waals surface area contributed by atoms with Gasteiger partial charge >= 0.3 is 0 Å². The summed E-state index contributed by atoms with van der Waals surface area (Å²) in [5, 5.41) is 21.3. The topological polar surface area (TPSA) is 83.7 Å². The minimum Gasteiger partial charge on any atom is -0.496 e. The third kappa shape index (κ3) is 7.02. The van der Waals surface area contributed by atoms with E-state index in [0.29, 0.717) is 12.5 Å². The largest absolute Gasteiger partial charge is 0.496 e. The van der Waals surface area contributed by atoms with E-state index in [9.17, 15) is 5.11 Å². The van der Waals surface area contributed by atoms with Crippen LogP contribution in [0.3, 0.4) is 0 Å². The SMILES string of the molecule is CCNC(=NCC(C)(O)c1cnn(C)c1)NCCc1ccccc1OC.I. The Kier molecular flexibility index (Phi) is 9.57. The lowest BCUT2D eigenvalue weighted by molar-refractivity contribution is 0.0672. The van der Waals surface area contributed by atoms with E-state index in [2.05, 4.69) is 26.8 Å². The molecule has 0 aliphatic rings. The number of aliphatic imine (C=N–C) groups is 1. The zero-order valence-corrected chi connectivity index (χ0v) is 18.7. The summed E-state index contributed by atoms with van der Waals surface area (Å²) in [5.74, 6) is 1.56. The summed E-state index contributed by atoms with van der Waals surface area (Å²) in [7, 11) is 3.50. The number of aryl methyl sites for hydroxylation is 1. The minimum absolute atomic E-state index is 0. The van der Waals surface area contributed by atoms with Crippen molar-refractivity contribution in [2.75, 3.05) is 26.7 Å². The standard InChI is InChI=1S/C19H29N5O2.HI/c1-5-20-18(21-11-10-15-8-6-7-9-17(15)26-4)22-14-19(2,25)16-12-23-24(3)13-16;/h6-9,12-13,25H,5,10-11,14H2,1-4H3,(H2,20,21,22);1H. The average molecular weight is 487 g/mol. The van der Waals surface area contributed by atoms with Gasteiger partial charge in [-0.05, 0) is 31.9 Å². The maximum absolute atomic E-state index is 10.7. The second-order valence-electron chi connectivity index (χ2n) is 6.36. The summed E-state index contributed by atoms with van der Waals surface area (Å²) in [5.41, 5.74) is 0.813. The molecular formula is C19H30IN5O2. The molecule has 1 atom stereocenters. The Hall–Kier alpha value is -1.81. The number of benzene rings is 1. The van der Waals surface area contributed by atoms with Crippen LogP contribution in [-0.4, -0.2) is 47.6 Å². The van der Waals surface area contributed by atoms with Crippen LogP contribution >= 0.6 is 24.0 Å². The van der Waals surface area contributed by atoms with E-state index in [4.69, 9.17) is 4.74 Å². The van der Waals surface area contributed by atoms with Gasteiger partial charge in [0.25, 0.3) is 0 Å². The number of hydrogen-bond acceptors (Lipinski definition) is 4. The lowest BCUT2D eigenvalue weighted by atomic mass is 10.0. The molecule has 0 fully saturated rings. The van der Waals surface area contributed by atoms with Gasteiger partial charge in [0.2, 0.25) is 0 Å². The molecule has 1 unspecified atom stereocenters. The summed E-state index contributed by atoms with van der Waals surface area (Å²) in [6.45, 7) is 5.45. The molecule has 1 heterocycles. The van der Waals surface area contributed by atoms with Crippen LogP contribution in [0.1, 0.15) is 25.0 Å². The Bertz CT molecular complexity index is 730. The molecule has 0 amide bonds. The Balaban J connectivity index is 0.00000364.